The van der Waals surface area contributed by atoms with E-state index in [-0.39, 0.29) is 22.8 Å². The molecule has 1 saturated heterocycles. The maximum atomic E-state index is 13.4. The van der Waals surface area contributed by atoms with Gasteiger partial charge in [0.2, 0.25) is 0 Å². The molecule has 0 bridgehead atoms. The molecule has 5 rings (SSSR count). The molecule has 9 heteroatoms. The van der Waals surface area contributed by atoms with Crippen LogP contribution in [0.15, 0.2) is 72.3 Å². The Bertz CT molecular complexity index is 1510. The first-order chi connectivity index (χ1) is 17.4. The van der Waals surface area contributed by atoms with Gasteiger partial charge in [-0.25, -0.2) is 4.98 Å². The number of aromatic hydroxyl groups is 1. The topological polar surface area (TPSA) is 109 Å². The van der Waals surface area contributed by atoms with Crippen LogP contribution in [0.4, 0.5) is 5.13 Å². The molecule has 4 aromatic rings. The number of aliphatic hydroxyl groups is 1. The van der Waals surface area contributed by atoms with E-state index in [1.165, 1.54) is 22.3 Å². The number of fused-ring (bicyclic) bond motifs is 1. The fourth-order valence-corrected chi connectivity index (χ4v) is 5.21. The van der Waals surface area contributed by atoms with Gasteiger partial charge in [-0.1, -0.05) is 47.7 Å². The smallest absolute Gasteiger partial charge is 0.301 e. The van der Waals surface area contributed by atoms with Gasteiger partial charge in [-0.05, 0) is 42.8 Å². The Hall–Kier alpha value is -4.37. The lowest BCUT2D eigenvalue weighted by atomic mass is 9.95. The number of anilines is 1. The van der Waals surface area contributed by atoms with E-state index in [2.05, 4.69) is 4.98 Å². The SMILES string of the molecule is CCOc1cc(C2/C(=C(\O)c3ccccc3)C(=O)C(=O)N2c2nc3ccc(OC)cc3s2)ccc1O. The number of hydrogen-bond acceptors (Lipinski definition) is 8. The summed E-state index contributed by atoms with van der Waals surface area (Å²) in [6, 6.07) is 17.5. The quantitative estimate of drug-likeness (QED) is 0.216. The normalized spacial score (nSPS) is 17.1. The van der Waals surface area contributed by atoms with E-state index in [1.54, 1.807) is 74.7 Å². The van der Waals surface area contributed by atoms with Crippen molar-refractivity contribution in [3.05, 3.63) is 83.4 Å². The molecule has 1 fully saturated rings. The number of thiazole rings is 1. The predicted octanol–water partition coefficient (Wildman–Crippen LogP) is 5.04. The molecule has 2 heterocycles. The molecule has 0 radical (unpaired) electrons. The van der Waals surface area contributed by atoms with Crippen LogP contribution in [0.1, 0.15) is 24.1 Å². The number of phenolic OH excluding ortho intramolecular Hbond substituents is 1. The van der Waals surface area contributed by atoms with Gasteiger partial charge in [0.15, 0.2) is 16.6 Å². The van der Waals surface area contributed by atoms with Gasteiger partial charge < -0.3 is 19.7 Å². The summed E-state index contributed by atoms with van der Waals surface area (Å²) in [4.78, 5) is 32.6. The molecular weight excluding hydrogens is 480 g/mol. The van der Waals surface area contributed by atoms with Gasteiger partial charge in [-0.15, -0.1) is 0 Å². The minimum absolute atomic E-state index is 0.0730. The highest BCUT2D eigenvalue weighted by atomic mass is 32.1. The van der Waals surface area contributed by atoms with Gasteiger partial charge in [0.1, 0.15) is 11.5 Å². The van der Waals surface area contributed by atoms with E-state index in [9.17, 15) is 19.8 Å². The molecule has 1 atom stereocenters. The van der Waals surface area contributed by atoms with Crippen LogP contribution in [0.2, 0.25) is 0 Å². The summed E-state index contributed by atoms with van der Waals surface area (Å²) in [7, 11) is 1.56. The van der Waals surface area contributed by atoms with Crippen molar-refractivity contribution in [2.24, 2.45) is 0 Å². The first kappa shape index (κ1) is 23.4. The summed E-state index contributed by atoms with van der Waals surface area (Å²) >= 11 is 1.23. The van der Waals surface area contributed by atoms with Gasteiger partial charge in [0.25, 0.3) is 5.78 Å². The van der Waals surface area contributed by atoms with Crippen LogP contribution >= 0.6 is 11.3 Å². The molecule has 1 aliphatic heterocycles. The summed E-state index contributed by atoms with van der Waals surface area (Å²) in [5, 5.41) is 21.7. The number of amides is 1. The van der Waals surface area contributed by atoms with Crippen molar-refractivity contribution in [3.8, 4) is 17.2 Å². The number of aromatic nitrogens is 1. The highest BCUT2D eigenvalue weighted by molar-refractivity contribution is 7.22. The Morgan fingerprint density at radius 1 is 1.08 bits per heavy atom. The summed E-state index contributed by atoms with van der Waals surface area (Å²) in [6.45, 7) is 2.09. The standard InChI is InChI=1S/C27H22N2O6S/c1-3-35-20-13-16(9-12-19(20)30)23-22(24(31)15-7-5-4-6-8-15)25(32)26(33)29(23)27-28-18-11-10-17(34-2)14-21(18)36-27/h4-14,23,30-31H,3H2,1-2H3/b24-22+. The van der Waals surface area contributed by atoms with Gasteiger partial charge in [0.05, 0.1) is 35.5 Å². The number of carbonyl (C=O) groups excluding carboxylic acids is 2. The van der Waals surface area contributed by atoms with Crippen molar-refractivity contribution in [1.82, 2.24) is 4.98 Å². The number of benzene rings is 3. The molecule has 0 spiro atoms. The maximum absolute atomic E-state index is 13.4. The molecule has 1 unspecified atom stereocenters. The predicted molar refractivity (Wildman–Crippen MR) is 137 cm³/mol. The third kappa shape index (κ3) is 3.93. The zero-order valence-electron chi connectivity index (χ0n) is 19.5. The molecule has 0 saturated carbocycles. The number of ketones is 1. The van der Waals surface area contributed by atoms with Crippen molar-refractivity contribution in [2.45, 2.75) is 13.0 Å². The van der Waals surface area contributed by atoms with Crippen LogP contribution in [-0.4, -0.2) is 40.6 Å². The third-order valence-electron chi connectivity index (χ3n) is 5.88. The molecule has 3 aromatic carbocycles. The molecule has 0 aliphatic carbocycles. The number of rotatable bonds is 6. The molecule has 1 amide bonds. The third-order valence-corrected chi connectivity index (χ3v) is 6.90. The van der Waals surface area contributed by atoms with Crippen LogP contribution in [-0.2, 0) is 9.59 Å². The summed E-state index contributed by atoms with van der Waals surface area (Å²) < 4.78 is 11.6. The average molecular weight is 503 g/mol. The summed E-state index contributed by atoms with van der Waals surface area (Å²) in [5.74, 6) is -1.17. The number of nitrogens with zero attached hydrogens (tertiary/aromatic N) is 2. The number of Topliss-reactive ketones (excluding diaryl/α,β-unsaturated/α-hetero) is 1. The zero-order chi connectivity index (χ0) is 25.4. The molecule has 1 aromatic heterocycles. The second kappa shape index (κ2) is 9.35. The lowest BCUT2D eigenvalue weighted by molar-refractivity contribution is -0.132. The minimum atomic E-state index is -0.993. The Kier molecular flexibility index (Phi) is 6.07. The van der Waals surface area contributed by atoms with E-state index in [0.29, 0.717) is 34.1 Å². The lowest BCUT2D eigenvalue weighted by Crippen LogP contribution is -2.29. The van der Waals surface area contributed by atoms with Crippen molar-refractivity contribution in [2.75, 3.05) is 18.6 Å². The lowest BCUT2D eigenvalue weighted by Gasteiger charge is -2.23. The summed E-state index contributed by atoms with van der Waals surface area (Å²) in [5.41, 5.74) is 1.44. The van der Waals surface area contributed by atoms with Gasteiger partial charge in [-0.3, -0.25) is 14.5 Å². The average Bonchev–Trinajstić information content (AvgIpc) is 3.43. The largest absolute Gasteiger partial charge is 0.507 e. The molecule has 36 heavy (non-hydrogen) atoms. The number of ether oxygens (including phenoxy) is 2. The highest BCUT2D eigenvalue weighted by Gasteiger charge is 2.48. The fraction of sp³-hybridized carbons (Fsp3) is 0.148. The minimum Gasteiger partial charge on any atom is -0.507 e. The molecule has 1 aliphatic rings. The van der Waals surface area contributed by atoms with Crippen LogP contribution < -0.4 is 14.4 Å². The molecule has 182 valence electrons. The van der Waals surface area contributed by atoms with Crippen LogP contribution in [0.25, 0.3) is 16.0 Å². The molecule has 8 nitrogen and oxygen atoms in total. The van der Waals surface area contributed by atoms with E-state index >= 15 is 0 Å². The van der Waals surface area contributed by atoms with Gasteiger partial charge >= 0.3 is 5.91 Å². The zero-order valence-corrected chi connectivity index (χ0v) is 20.3. The Morgan fingerprint density at radius 3 is 2.58 bits per heavy atom. The second-order valence-corrected chi connectivity index (χ2v) is 9.03. The van der Waals surface area contributed by atoms with Crippen molar-refractivity contribution in [1.29, 1.82) is 0 Å². The Balaban J connectivity index is 1.73. The molecule has 2 N–H and O–H groups in total. The van der Waals surface area contributed by atoms with E-state index in [0.717, 1.165) is 4.70 Å². The Labute approximate surface area is 210 Å². The van der Waals surface area contributed by atoms with E-state index in [1.807, 2.05) is 0 Å². The monoisotopic (exact) mass is 502 g/mol. The number of carbonyl (C=O) groups is 2. The van der Waals surface area contributed by atoms with Crippen molar-refractivity contribution < 1.29 is 29.3 Å². The van der Waals surface area contributed by atoms with Crippen LogP contribution in [0.3, 0.4) is 0 Å². The number of phenols is 1. The number of aliphatic hydroxyl groups excluding tert-OH is 1. The van der Waals surface area contributed by atoms with Crippen molar-refractivity contribution >= 4 is 44.1 Å². The van der Waals surface area contributed by atoms with Crippen LogP contribution in [0, 0.1) is 0 Å². The number of hydrogen-bond donors (Lipinski definition) is 2. The first-order valence-corrected chi connectivity index (χ1v) is 12.0. The molecular formula is C27H22N2O6S. The first-order valence-electron chi connectivity index (χ1n) is 11.2. The van der Waals surface area contributed by atoms with E-state index < -0.39 is 17.7 Å². The van der Waals surface area contributed by atoms with Gasteiger partial charge in [-0.2, -0.15) is 0 Å². The summed E-state index contributed by atoms with van der Waals surface area (Å²) in [6.07, 6.45) is 0. The fourth-order valence-electron chi connectivity index (χ4n) is 4.19. The van der Waals surface area contributed by atoms with Crippen LogP contribution in [0.5, 0.6) is 17.2 Å². The Morgan fingerprint density at radius 2 is 1.86 bits per heavy atom. The van der Waals surface area contributed by atoms with E-state index in [4.69, 9.17) is 9.47 Å². The van der Waals surface area contributed by atoms with Crippen molar-refractivity contribution in [3.63, 3.8) is 0 Å². The second-order valence-electron chi connectivity index (χ2n) is 8.03. The van der Waals surface area contributed by atoms with Gasteiger partial charge in [0, 0.05) is 5.56 Å². The number of methoxy groups -OCH3 is 1. The maximum Gasteiger partial charge on any atom is 0.301 e. The highest BCUT2D eigenvalue weighted by Crippen LogP contribution is 2.46.